The molecule has 1 aliphatic heterocycles. The van der Waals surface area contributed by atoms with Crippen LogP contribution in [0.5, 0.6) is 0 Å². The second-order valence-electron chi connectivity index (χ2n) is 3.07. The van der Waals surface area contributed by atoms with E-state index in [4.69, 9.17) is 15.0 Å². The summed E-state index contributed by atoms with van der Waals surface area (Å²) in [6.45, 7) is 1.79. The molecule has 3 N–H and O–H groups in total. The molecule has 0 bridgehead atoms. The van der Waals surface area contributed by atoms with Gasteiger partial charge < -0.3 is 15.5 Å². The highest BCUT2D eigenvalue weighted by Gasteiger charge is 2.38. The van der Waals surface area contributed by atoms with Gasteiger partial charge in [0.15, 0.2) is 0 Å². The third kappa shape index (κ3) is 8.10. The largest absolute Gasteiger partial charge is 0.490 e. The normalized spacial score (nSPS) is 18.4. The molecule has 1 aliphatic rings. The van der Waals surface area contributed by atoms with Gasteiger partial charge in [0.05, 0.1) is 0 Å². The molecule has 5 nitrogen and oxygen atoms in total. The molecule has 1 rings (SSSR count). The van der Waals surface area contributed by atoms with E-state index in [1.165, 1.54) is 0 Å². The van der Waals surface area contributed by atoms with Crippen molar-refractivity contribution in [3.8, 4) is 11.8 Å². The maximum absolute atomic E-state index is 10.6. The van der Waals surface area contributed by atoms with Gasteiger partial charge in [-0.25, -0.2) is 9.59 Å². The third-order valence-electron chi connectivity index (χ3n) is 1.69. The topological polar surface area (TPSA) is 86.6 Å². The zero-order valence-electron chi connectivity index (χ0n) is 8.54. The van der Waals surface area contributed by atoms with Crippen LogP contribution in [0.1, 0.15) is 6.42 Å². The third-order valence-corrected chi connectivity index (χ3v) is 1.69. The van der Waals surface area contributed by atoms with Crippen molar-refractivity contribution < 1.29 is 33.0 Å². The van der Waals surface area contributed by atoms with E-state index in [-0.39, 0.29) is 5.92 Å². The fourth-order valence-electron chi connectivity index (χ4n) is 0.942. The van der Waals surface area contributed by atoms with E-state index < -0.39 is 18.1 Å². The highest BCUT2D eigenvalue weighted by Crippen LogP contribution is 2.13. The first-order chi connectivity index (χ1) is 7.73. The fourth-order valence-corrected chi connectivity index (χ4v) is 0.942. The standard InChI is InChI=1S/C7H9NO2.C2HF3O2/c9-7(10)2-1-6-3-4-8-5-6;3-2(4,5)1(6)7/h6,8H,3-5H2,(H,9,10);(H,6,7). The van der Waals surface area contributed by atoms with Crippen LogP contribution in [-0.4, -0.2) is 41.4 Å². The molecule has 17 heavy (non-hydrogen) atoms. The molecule has 1 unspecified atom stereocenters. The van der Waals surface area contributed by atoms with Crippen molar-refractivity contribution in [2.75, 3.05) is 13.1 Å². The Morgan fingerprint density at radius 3 is 2.12 bits per heavy atom. The molecule has 8 heteroatoms. The molecule has 1 heterocycles. The molecule has 0 aliphatic carbocycles. The highest BCUT2D eigenvalue weighted by molar-refractivity contribution is 5.86. The van der Waals surface area contributed by atoms with Crippen molar-refractivity contribution in [3.05, 3.63) is 0 Å². The predicted octanol–water partition coefficient (Wildman–Crippen LogP) is 0.317. The zero-order chi connectivity index (χ0) is 13.5. The Balaban J connectivity index is 0.000000325. The molecule has 1 atom stereocenters. The van der Waals surface area contributed by atoms with Gasteiger partial charge in [-0.3, -0.25) is 0 Å². The summed E-state index contributed by atoms with van der Waals surface area (Å²) in [5.41, 5.74) is 0. The van der Waals surface area contributed by atoms with Crippen LogP contribution in [0.3, 0.4) is 0 Å². The Labute approximate surface area is 94.6 Å². The first-order valence-electron chi connectivity index (χ1n) is 4.48. The summed E-state index contributed by atoms with van der Waals surface area (Å²) in [5.74, 6) is 1.24. The van der Waals surface area contributed by atoms with Crippen molar-refractivity contribution in [2.45, 2.75) is 12.6 Å². The summed E-state index contributed by atoms with van der Waals surface area (Å²) >= 11 is 0. The van der Waals surface area contributed by atoms with E-state index in [1.54, 1.807) is 0 Å². The van der Waals surface area contributed by atoms with Gasteiger partial charge in [0.25, 0.3) is 0 Å². The van der Waals surface area contributed by atoms with Crippen LogP contribution in [-0.2, 0) is 9.59 Å². The number of nitrogens with one attached hydrogen (secondary N) is 1. The van der Waals surface area contributed by atoms with E-state index >= 15 is 0 Å². The molecule has 0 saturated carbocycles. The van der Waals surface area contributed by atoms with Gasteiger partial charge in [0.2, 0.25) is 0 Å². The van der Waals surface area contributed by atoms with E-state index in [1.807, 2.05) is 0 Å². The van der Waals surface area contributed by atoms with Crippen LogP contribution >= 0.6 is 0 Å². The first kappa shape index (κ1) is 15.2. The van der Waals surface area contributed by atoms with Gasteiger partial charge in [-0.2, -0.15) is 13.2 Å². The number of carboxylic acid groups (broad SMARTS) is 2. The minimum absolute atomic E-state index is 0.246. The molecule has 96 valence electrons. The quantitative estimate of drug-likeness (QED) is 0.541. The maximum Gasteiger partial charge on any atom is 0.490 e. The Bertz CT molecular complexity index is 336. The molecule has 0 aromatic heterocycles. The summed E-state index contributed by atoms with van der Waals surface area (Å²) in [5, 5.41) is 18.4. The number of carbonyl (C=O) groups is 2. The molecule has 1 saturated heterocycles. The number of aliphatic carboxylic acids is 2. The number of hydrogen-bond acceptors (Lipinski definition) is 3. The maximum atomic E-state index is 10.6. The van der Waals surface area contributed by atoms with E-state index in [0.717, 1.165) is 19.5 Å². The predicted molar refractivity (Wildman–Crippen MR) is 50.1 cm³/mol. The average Bonchev–Trinajstić information content (AvgIpc) is 2.66. The van der Waals surface area contributed by atoms with Crippen molar-refractivity contribution in [1.82, 2.24) is 5.32 Å². The zero-order valence-corrected chi connectivity index (χ0v) is 8.54. The van der Waals surface area contributed by atoms with Crippen molar-refractivity contribution in [1.29, 1.82) is 0 Å². The van der Waals surface area contributed by atoms with Crippen LogP contribution in [0.15, 0.2) is 0 Å². The Morgan fingerprint density at radius 1 is 1.29 bits per heavy atom. The van der Waals surface area contributed by atoms with Crippen LogP contribution in [0.4, 0.5) is 13.2 Å². The monoisotopic (exact) mass is 253 g/mol. The molecule has 0 amide bonds. The fraction of sp³-hybridized carbons (Fsp3) is 0.556. The summed E-state index contributed by atoms with van der Waals surface area (Å²) < 4.78 is 31.7. The number of halogens is 3. The van der Waals surface area contributed by atoms with E-state index in [0.29, 0.717) is 0 Å². The number of alkyl halides is 3. The minimum atomic E-state index is -5.08. The van der Waals surface area contributed by atoms with Crippen LogP contribution in [0.2, 0.25) is 0 Å². The van der Waals surface area contributed by atoms with Gasteiger partial charge in [0, 0.05) is 18.4 Å². The average molecular weight is 253 g/mol. The first-order valence-corrected chi connectivity index (χ1v) is 4.48. The van der Waals surface area contributed by atoms with E-state index in [2.05, 4.69) is 17.2 Å². The number of hydrogen-bond donors (Lipinski definition) is 3. The lowest BCUT2D eigenvalue weighted by Crippen LogP contribution is -2.21. The van der Waals surface area contributed by atoms with Gasteiger partial charge in [-0.05, 0) is 13.0 Å². The summed E-state index contributed by atoms with van der Waals surface area (Å²) in [4.78, 5) is 18.9. The number of rotatable bonds is 0. The second kappa shape index (κ2) is 6.75. The lowest BCUT2D eigenvalue weighted by molar-refractivity contribution is -0.192. The Kier molecular flexibility index (Phi) is 6.06. The van der Waals surface area contributed by atoms with Crippen LogP contribution in [0, 0.1) is 17.8 Å². The molecule has 0 aromatic carbocycles. The van der Waals surface area contributed by atoms with Gasteiger partial charge in [-0.1, -0.05) is 5.92 Å². The Hall–Kier alpha value is -1.75. The lowest BCUT2D eigenvalue weighted by atomic mass is 10.1. The number of carboxylic acids is 2. The van der Waals surface area contributed by atoms with Crippen molar-refractivity contribution in [3.63, 3.8) is 0 Å². The van der Waals surface area contributed by atoms with Gasteiger partial charge >= 0.3 is 18.1 Å². The van der Waals surface area contributed by atoms with E-state index in [9.17, 15) is 18.0 Å². The smallest absolute Gasteiger partial charge is 0.475 e. The van der Waals surface area contributed by atoms with Crippen molar-refractivity contribution in [2.24, 2.45) is 5.92 Å². The summed E-state index contributed by atoms with van der Waals surface area (Å²) in [6.07, 6.45) is -4.11. The van der Waals surface area contributed by atoms with Gasteiger partial charge in [-0.15, -0.1) is 0 Å². The minimum Gasteiger partial charge on any atom is -0.475 e. The molecule has 0 spiro atoms. The summed E-state index contributed by atoms with van der Waals surface area (Å²) in [7, 11) is 0. The molecular formula is C9H10F3NO4. The van der Waals surface area contributed by atoms with Crippen LogP contribution < -0.4 is 5.32 Å². The highest BCUT2D eigenvalue weighted by atomic mass is 19.4. The molecule has 1 fully saturated rings. The second-order valence-corrected chi connectivity index (χ2v) is 3.07. The molecule has 0 aromatic rings. The van der Waals surface area contributed by atoms with Gasteiger partial charge in [0.1, 0.15) is 0 Å². The Morgan fingerprint density at radius 2 is 1.82 bits per heavy atom. The molecule has 0 radical (unpaired) electrons. The van der Waals surface area contributed by atoms with Crippen LogP contribution in [0.25, 0.3) is 0 Å². The molecular weight excluding hydrogens is 243 g/mol. The summed E-state index contributed by atoms with van der Waals surface area (Å²) in [6, 6.07) is 0. The van der Waals surface area contributed by atoms with Crippen molar-refractivity contribution >= 4 is 11.9 Å². The lowest BCUT2D eigenvalue weighted by Gasteiger charge is -1.93. The SMILES string of the molecule is O=C(O)C#CC1CCNC1.O=C(O)C(F)(F)F.